The summed E-state index contributed by atoms with van der Waals surface area (Å²) in [5, 5.41) is 4.56. The van der Waals surface area contributed by atoms with Crippen LogP contribution in [0.25, 0.3) is 5.69 Å². The molecule has 1 aromatic heterocycles. The second kappa shape index (κ2) is 6.40. The molecule has 23 heavy (non-hydrogen) atoms. The van der Waals surface area contributed by atoms with Gasteiger partial charge in [-0.3, -0.25) is 0 Å². The van der Waals surface area contributed by atoms with Crippen LogP contribution in [0.3, 0.4) is 0 Å². The van der Waals surface area contributed by atoms with Crippen LogP contribution in [0.15, 0.2) is 24.3 Å². The zero-order chi connectivity index (χ0) is 16.4. The summed E-state index contributed by atoms with van der Waals surface area (Å²) < 4.78 is 19.8. The molecule has 1 heterocycles. The first-order valence-corrected chi connectivity index (χ1v) is 7.93. The summed E-state index contributed by atoms with van der Waals surface area (Å²) in [6, 6.07) is 5.86. The van der Waals surface area contributed by atoms with Gasteiger partial charge in [-0.05, 0) is 44.0 Å². The maximum absolute atomic E-state index is 13.1. The highest BCUT2D eigenvalue weighted by atomic mass is 19.1. The van der Waals surface area contributed by atoms with Crippen molar-refractivity contribution in [2.45, 2.75) is 38.5 Å². The van der Waals surface area contributed by atoms with E-state index in [9.17, 15) is 9.18 Å². The second-order valence-corrected chi connectivity index (χ2v) is 5.74. The third kappa shape index (κ3) is 2.93. The molecule has 0 amide bonds. The van der Waals surface area contributed by atoms with Gasteiger partial charge in [-0.15, -0.1) is 0 Å². The number of hydrogen-bond donors (Lipinski definition) is 1. The Morgan fingerprint density at radius 3 is 2.61 bits per heavy atom. The van der Waals surface area contributed by atoms with E-state index in [1.165, 1.54) is 16.8 Å². The number of benzene rings is 1. The standard InChI is InChI=1S/C17H20FN3O2/c1-2-23-17(22)14-15(11-5-3-4-6-11)20-21(16(14)19)13-9-7-12(18)8-10-13/h7-11H,2-6,19H2,1H3. The van der Waals surface area contributed by atoms with Crippen LogP contribution in [-0.4, -0.2) is 22.4 Å². The molecule has 1 fully saturated rings. The van der Waals surface area contributed by atoms with Gasteiger partial charge in [-0.1, -0.05) is 12.8 Å². The Kier molecular flexibility index (Phi) is 4.32. The minimum atomic E-state index is -0.444. The Balaban J connectivity index is 2.08. The Bertz CT molecular complexity index is 703. The van der Waals surface area contributed by atoms with E-state index in [0.29, 0.717) is 16.9 Å². The van der Waals surface area contributed by atoms with Gasteiger partial charge in [-0.2, -0.15) is 5.10 Å². The molecule has 1 aromatic carbocycles. The van der Waals surface area contributed by atoms with Crippen LogP contribution >= 0.6 is 0 Å². The van der Waals surface area contributed by atoms with Crippen LogP contribution in [0.4, 0.5) is 10.2 Å². The molecule has 122 valence electrons. The summed E-state index contributed by atoms with van der Waals surface area (Å²) in [4.78, 5) is 12.3. The van der Waals surface area contributed by atoms with Crippen LogP contribution < -0.4 is 5.73 Å². The van der Waals surface area contributed by atoms with Gasteiger partial charge >= 0.3 is 5.97 Å². The Labute approximate surface area is 134 Å². The molecule has 2 N–H and O–H groups in total. The lowest BCUT2D eigenvalue weighted by Gasteiger charge is -2.08. The monoisotopic (exact) mass is 317 g/mol. The minimum Gasteiger partial charge on any atom is -0.462 e. The molecule has 1 aliphatic rings. The van der Waals surface area contributed by atoms with Crippen molar-refractivity contribution in [1.29, 1.82) is 0 Å². The normalized spacial score (nSPS) is 15.0. The molecule has 2 aromatic rings. The fraction of sp³-hybridized carbons (Fsp3) is 0.412. The molecular formula is C17H20FN3O2. The molecule has 0 saturated heterocycles. The number of carbonyl (C=O) groups is 1. The number of carbonyl (C=O) groups excluding carboxylic acids is 1. The van der Waals surface area contributed by atoms with Gasteiger partial charge in [0.05, 0.1) is 18.0 Å². The van der Waals surface area contributed by atoms with E-state index >= 15 is 0 Å². The lowest BCUT2D eigenvalue weighted by molar-refractivity contribution is 0.0526. The van der Waals surface area contributed by atoms with Crippen LogP contribution in [0.1, 0.15) is 54.6 Å². The Hall–Kier alpha value is -2.37. The topological polar surface area (TPSA) is 70.1 Å². The number of halogens is 1. The van der Waals surface area contributed by atoms with Crippen LogP contribution in [-0.2, 0) is 4.74 Å². The van der Waals surface area contributed by atoms with E-state index in [4.69, 9.17) is 10.5 Å². The maximum atomic E-state index is 13.1. The van der Waals surface area contributed by atoms with E-state index in [-0.39, 0.29) is 24.2 Å². The molecule has 3 rings (SSSR count). The molecule has 1 saturated carbocycles. The molecule has 0 unspecified atom stereocenters. The molecule has 6 heteroatoms. The molecule has 0 radical (unpaired) electrons. The van der Waals surface area contributed by atoms with E-state index in [1.807, 2.05) is 0 Å². The third-order valence-electron chi connectivity index (χ3n) is 4.24. The highest BCUT2D eigenvalue weighted by molar-refractivity contribution is 5.96. The highest BCUT2D eigenvalue weighted by Crippen LogP contribution is 2.37. The number of esters is 1. The van der Waals surface area contributed by atoms with Crippen molar-refractivity contribution < 1.29 is 13.9 Å². The third-order valence-corrected chi connectivity index (χ3v) is 4.24. The van der Waals surface area contributed by atoms with Gasteiger partial charge in [0.15, 0.2) is 0 Å². The number of rotatable bonds is 4. The fourth-order valence-corrected chi connectivity index (χ4v) is 3.13. The van der Waals surface area contributed by atoms with Crippen molar-refractivity contribution in [3.8, 4) is 5.69 Å². The zero-order valence-corrected chi connectivity index (χ0v) is 13.1. The smallest absolute Gasteiger partial charge is 0.343 e. The summed E-state index contributed by atoms with van der Waals surface area (Å²) in [6.07, 6.45) is 4.23. The zero-order valence-electron chi connectivity index (χ0n) is 13.1. The number of aromatic nitrogens is 2. The van der Waals surface area contributed by atoms with Crippen molar-refractivity contribution in [3.63, 3.8) is 0 Å². The predicted molar refractivity (Wildman–Crippen MR) is 85.1 cm³/mol. The van der Waals surface area contributed by atoms with E-state index < -0.39 is 5.97 Å². The van der Waals surface area contributed by atoms with Gasteiger partial charge in [0.1, 0.15) is 17.2 Å². The number of nitrogens with two attached hydrogens (primary N) is 1. The molecular weight excluding hydrogens is 297 g/mol. The average molecular weight is 317 g/mol. The predicted octanol–water partition coefficient (Wildman–Crippen LogP) is 3.43. The first-order valence-electron chi connectivity index (χ1n) is 7.93. The van der Waals surface area contributed by atoms with Gasteiger partial charge in [0.25, 0.3) is 0 Å². The lowest BCUT2D eigenvalue weighted by atomic mass is 10.00. The number of hydrogen-bond acceptors (Lipinski definition) is 4. The maximum Gasteiger partial charge on any atom is 0.343 e. The molecule has 5 nitrogen and oxygen atoms in total. The SMILES string of the molecule is CCOC(=O)c1c(C2CCCC2)nn(-c2ccc(F)cc2)c1N. The molecule has 0 aliphatic heterocycles. The number of nitrogens with zero attached hydrogens (tertiary/aromatic N) is 2. The summed E-state index contributed by atoms with van der Waals surface area (Å²) in [5.74, 6) is -0.309. The van der Waals surface area contributed by atoms with Crippen LogP contribution in [0, 0.1) is 5.82 Å². The minimum absolute atomic E-state index is 0.221. The molecule has 0 atom stereocenters. The van der Waals surface area contributed by atoms with E-state index in [0.717, 1.165) is 25.7 Å². The number of nitrogen functional groups attached to an aromatic ring is 1. The van der Waals surface area contributed by atoms with Gasteiger partial charge in [0, 0.05) is 5.92 Å². The molecule has 1 aliphatic carbocycles. The highest BCUT2D eigenvalue weighted by Gasteiger charge is 2.30. The van der Waals surface area contributed by atoms with Crippen molar-refractivity contribution in [2.75, 3.05) is 12.3 Å². The van der Waals surface area contributed by atoms with Crippen molar-refractivity contribution in [3.05, 3.63) is 41.3 Å². The first-order chi connectivity index (χ1) is 11.1. The van der Waals surface area contributed by atoms with Crippen LogP contribution in [0.5, 0.6) is 0 Å². The molecule has 0 spiro atoms. The van der Waals surface area contributed by atoms with Crippen molar-refractivity contribution in [1.82, 2.24) is 9.78 Å². The summed E-state index contributed by atoms with van der Waals surface area (Å²) >= 11 is 0. The van der Waals surface area contributed by atoms with Gasteiger partial charge in [-0.25, -0.2) is 13.9 Å². The second-order valence-electron chi connectivity index (χ2n) is 5.74. The van der Waals surface area contributed by atoms with Gasteiger partial charge in [0.2, 0.25) is 0 Å². The Morgan fingerprint density at radius 1 is 1.35 bits per heavy atom. The number of anilines is 1. The Morgan fingerprint density at radius 2 is 2.00 bits per heavy atom. The fourth-order valence-electron chi connectivity index (χ4n) is 3.13. The van der Waals surface area contributed by atoms with E-state index in [1.54, 1.807) is 19.1 Å². The van der Waals surface area contributed by atoms with Crippen molar-refractivity contribution in [2.24, 2.45) is 0 Å². The van der Waals surface area contributed by atoms with Gasteiger partial charge < -0.3 is 10.5 Å². The molecule has 0 bridgehead atoms. The summed E-state index contributed by atoms with van der Waals surface area (Å²) in [7, 11) is 0. The quantitative estimate of drug-likeness (QED) is 0.877. The average Bonchev–Trinajstić information content (AvgIpc) is 3.16. The first kappa shape index (κ1) is 15.5. The van der Waals surface area contributed by atoms with E-state index in [2.05, 4.69) is 5.10 Å². The van der Waals surface area contributed by atoms with Crippen molar-refractivity contribution >= 4 is 11.8 Å². The number of ether oxygens (including phenoxy) is 1. The largest absolute Gasteiger partial charge is 0.462 e. The van der Waals surface area contributed by atoms with Crippen LogP contribution in [0.2, 0.25) is 0 Å². The summed E-state index contributed by atoms with van der Waals surface area (Å²) in [6.45, 7) is 2.04. The summed E-state index contributed by atoms with van der Waals surface area (Å²) in [5.41, 5.74) is 7.85. The lowest BCUT2D eigenvalue weighted by Crippen LogP contribution is -2.11.